The minimum absolute atomic E-state index is 0.229. The fraction of sp³-hybridized carbons (Fsp3) is 0.133. The van der Waals surface area contributed by atoms with Crippen molar-refractivity contribution in [2.24, 2.45) is 0 Å². The molecule has 0 fully saturated rings. The van der Waals surface area contributed by atoms with E-state index >= 15 is 0 Å². The van der Waals surface area contributed by atoms with Gasteiger partial charge in [-0.05, 0) is 34.1 Å². The zero-order chi connectivity index (χ0) is 15.2. The Morgan fingerprint density at radius 2 is 2.14 bits per heavy atom. The van der Waals surface area contributed by atoms with E-state index in [9.17, 15) is 10.1 Å². The second-order valence-corrected chi connectivity index (χ2v) is 4.97. The Balaban J connectivity index is 2.26. The molecule has 1 aromatic heterocycles. The molecule has 1 atom stereocenters. The fourth-order valence-corrected chi connectivity index (χ4v) is 2.27. The summed E-state index contributed by atoms with van der Waals surface area (Å²) in [5.74, 6) is 0.115. The molecule has 0 spiro atoms. The van der Waals surface area contributed by atoms with Gasteiger partial charge in [-0.2, -0.15) is 5.26 Å². The average molecular weight is 346 g/mol. The van der Waals surface area contributed by atoms with Crippen molar-refractivity contribution in [1.82, 2.24) is 10.3 Å². The summed E-state index contributed by atoms with van der Waals surface area (Å²) in [6.45, 7) is 0. The van der Waals surface area contributed by atoms with E-state index in [4.69, 9.17) is 4.74 Å². The van der Waals surface area contributed by atoms with Crippen molar-refractivity contribution in [2.75, 3.05) is 7.11 Å². The van der Waals surface area contributed by atoms with Crippen LogP contribution in [0.2, 0.25) is 0 Å². The van der Waals surface area contributed by atoms with Crippen molar-refractivity contribution in [3.05, 3.63) is 58.3 Å². The van der Waals surface area contributed by atoms with E-state index in [0.717, 1.165) is 0 Å². The van der Waals surface area contributed by atoms with E-state index in [2.05, 4.69) is 32.3 Å². The van der Waals surface area contributed by atoms with Crippen molar-refractivity contribution in [3.8, 4) is 11.8 Å². The fourth-order valence-electron chi connectivity index (χ4n) is 1.84. The summed E-state index contributed by atoms with van der Waals surface area (Å²) in [4.78, 5) is 16.2. The van der Waals surface area contributed by atoms with Crippen LogP contribution in [0.1, 0.15) is 22.1 Å². The molecule has 106 valence electrons. The van der Waals surface area contributed by atoms with Gasteiger partial charge in [0.15, 0.2) is 0 Å². The highest BCUT2D eigenvalue weighted by atomic mass is 79.9. The summed E-state index contributed by atoms with van der Waals surface area (Å²) in [6.07, 6.45) is 1.52. The lowest BCUT2D eigenvalue weighted by molar-refractivity contribution is 0.0939. The molecule has 0 radical (unpaired) electrons. The Morgan fingerprint density at radius 3 is 2.81 bits per heavy atom. The topological polar surface area (TPSA) is 75.0 Å². The summed E-state index contributed by atoms with van der Waals surface area (Å²) in [5.41, 5.74) is 0.829. The van der Waals surface area contributed by atoms with Crippen LogP contribution in [0.4, 0.5) is 0 Å². The van der Waals surface area contributed by atoms with Gasteiger partial charge in [-0.3, -0.25) is 4.79 Å². The maximum absolute atomic E-state index is 12.2. The number of methoxy groups -OCH3 is 1. The van der Waals surface area contributed by atoms with Crippen LogP contribution in [0, 0.1) is 11.3 Å². The van der Waals surface area contributed by atoms with Crippen LogP contribution >= 0.6 is 15.9 Å². The van der Waals surface area contributed by atoms with Gasteiger partial charge in [0, 0.05) is 16.2 Å². The van der Waals surface area contributed by atoms with Gasteiger partial charge in [0.25, 0.3) is 5.91 Å². The van der Waals surface area contributed by atoms with Gasteiger partial charge >= 0.3 is 0 Å². The van der Waals surface area contributed by atoms with Gasteiger partial charge in [-0.15, -0.1) is 0 Å². The number of aromatic nitrogens is 1. The van der Waals surface area contributed by atoms with Gasteiger partial charge in [0.05, 0.1) is 13.2 Å². The summed E-state index contributed by atoms with van der Waals surface area (Å²) in [6, 6.07) is 11.7. The molecule has 2 aromatic rings. The number of ether oxygens (including phenoxy) is 1. The number of rotatable bonds is 4. The van der Waals surface area contributed by atoms with Crippen LogP contribution in [0.25, 0.3) is 0 Å². The smallest absolute Gasteiger partial charge is 0.272 e. The van der Waals surface area contributed by atoms with Crippen LogP contribution in [-0.4, -0.2) is 18.0 Å². The molecule has 0 aliphatic carbocycles. The van der Waals surface area contributed by atoms with Gasteiger partial charge in [0.2, 0.25) is 0 Å². The third kappa shape index (κ3) is 3.38. The number of pyridine rings is 1. The lowest BCUT2D eigenvalue weighted by Crippen LogP contribution is -2.28. The largest absolute Gasteiger partial charge is 0.496 e. The Bertz CT molecular complexity index is 697. The molecular weight excluding hydrogens is 334 g/mol. The first-order chi connectivity index (χ1) is 10.2. The normalized spacial score (nSPS) is 11.3. The summed E-state index contributed by atoms with van der Waals surface area (Å²) < 4.78 is 5.78. The number of hydrogen-bond donors (Lipinski definition) is 1. The highest BCUT2D eigenvalue weighted by molar-refractivity contribution is 9.10. The molecule has 5 nitrogen and oxygen atoms in total. The van der Waals surface area contributed by atoms with Crippen LogP contribution in [0.3, 0.4) is 0 Å². The number of nitriles is 1. The molecule has 1 aromatic carbocycles. The number of amides is 1. The number of nitrogens with one attached hydrogen (secondary N) is 1. The van der Waals surface area contributed by atoms with Crippen molar-refractivity contribution >= 4 is 21.8 Å². The van der Waals surface area contributed by atoms with Gasteiger partial charge < -0.3 is 10.1 Å². The van der Waals surface area contributed by atoms with E-state index in [1.165, 1.54) is 13.3 Å². The molecule has 1 heterocycles. The Labute approximate surface area is 130 Å². The quantitative estimate of drug-likeness (QED) is 0.924. The molecule has 21 heavy (non-hydrogen) atoms. The monoisotopic (exact) mass is 345 g/mol. The molecule has 0 aliphatic rings. The first kappa shape index (κ1) is 15.0. The number of para-hydroxylation sites is 1. The number of halogens is 1. The second-order valence-electron chi connectivity index (χ2n) is 4.11. The lowest BCUT2D eigenvalue weighted by atomic mass is 10.1. The van der Waals surface area contributed by atoms with Crippen LogP contribution in [0.5, 0.6) is 5.75 Å². The number of carbonyl (C=O) groups is 1. The number of hydrogen-bond acceptors (Lipinski definition) is 4. The SMILES string of the molecule is COc1ccccc1C(C#N)NC(=O)c1ncccc1Br. The maximum Gasteiger partial charge on any atom is 0.272 e. The Morgan fingerprint density at radius 1 is 1.38 bits per heavy atom. The highest BCUT2D eigenvalue weighted by Crippen LogP contribution is 2.25. The highest BCUT2D eigenvalue weighted by Gasteiger charge is 2.20. The van der Waals surface area contributed by atoms with Gasteiger partial charge in [-0.1, -0.05) is 18.2 Å². The molecule has 0 saturated carbocycles. The molecule has 0 aliphatic heterocycles. The Kier molecular flexibility index (Phi) is 4.90. The van der Waals surface area contributed by atoms with Crippen molar-refractivity contribution in [3.63, 3.8) is 0 Å². The van der Waals surface area contributed by atoms with E-state index in [1.54, 1.807) is 36.4 Å². The van der Waals surface area contributed by atoms with Gasteiger partial charge in [-0.25, -0.2) is 4.98 Å². The zero-order valence-electron chi connectivity index (χ0n) is 11.2. The molecule has 1 amide bonds. The summed E-state index contributed by atoms with van der Waals surface area (Å²) in [7, 11) is 1.52. The Hall–Kier alpha value is -2.39. The van der Waals surface area contributed by atoms with Crippen molar-refractivity contribution < 1.29 is 9.53 Å². The third-order valence-electron chi connectivity index (χ3n) is 2.83. The van der Waals surface area contributed by atoms with E-state index in [1.807, 2.05) is 0 Å². The lowest BCUT2D eigenvalue weighted by Gasteiger charge is -2.15. The maximum atomic E-state index is 12.2. The van der Waals surface area contributed by atoms with E-state index in [0.29, 0.717) is 15.8 Å². The third-order valence-corrected chi connectivity index (χ3v) is 3.47. The minimum Gasteiger partial charge on any atom is -0.496 e. The van der Waals surface area contributed by atoms with Crippen molar-refractivity contribution in [1.29, 1.82) is 5.26 Å². The molecular formula is C15H12BrN3O2. The first-order valence-electron chi connectivity index (χ1n) is 6.11. The molecule has 2 rings (SSSR count). The number of benzene rings is 1. The van der Waals surface area contributed by atoms with Crippen LogP contribution in [-0.2, 0) is 0 Å². The first-order valence-corrected chi connectivity index (χ1v) is 6.90. The number of carbonyl (C=O) groups excluding carboxylic acids is 1. The average Bonchev–Trinajstić information content (AvgIpc) is 2.52. The molecule has 6 heteroatoms. The van der Waals surface area contributed by atoms with Crippen molar-refractivity contribution in [2.45, 2.75) is 6.04 Å². The van der Waals surface area contributed by atoms with Crippen LogP contribution < -0.4 is 10.1 Å². The second kappa shape index (κ2) is 6.86. The van der Waals surface area contributed by atoms with E-state index < -0.39 is 11.9 Å². The van der Waals surface area contributed by atoms with E-state index in [-0.39, 0.29) is 5.69 Å². The predicted molar refractivity (Wildman–Crippen MR) is 80.8 cm³/mol. The molecule has 1 unspecified atom stereocenters. The summed E-state index contributed by atoms with van der Waals surface area (Å²) >= 11 is 3.26. The molecule has 1 N–H and O–H groups in total. The molecule has 0 saturated heterocycles. The number of nitrogens with zero attached hydrogens (tertiary/aromatic N) is 2. The summed E-state index contributed by atoms with van der Waals surface area (Å²) in [5, 5.41) is 12.0. The zero-order valence-corrected chi connectivity index (χ0v) is 12.8. The predicted octanol–water partition coefficient (Wildman–Crippen LogP) is 2.85. The molecule has 0 bridgehead atoms. The minimum atomic E-state index is -0.817. The standard InChI is InChI=1S/C15H12BrN3O2/c1-21-13-7-3-2-5-10(13)12(9-17)19-15(20)14-11(16)6-4-8-18-14/h2-8,12H,1H3,(H,19,20). The van der Waals surface area contributed by atoms with Crippen LogP contribution in [0.15, 0.2) is 47.1 Å². The van der Waals surface area contributed by atoms with Gasteiger partial charge in [0.1, 0.15) is 17.5 Å².